The molecule has 15 heavy (non-hydrogen) atoms. The van der Waals surface area contributed by atoms with Crippen molar-refractivity contribution in [2.24, 2.45) is 0 Å². The van der Waals surface area contributed by atoms with Crippen molar-refractivity contribution in [2.75, 3.05) is 0 Å². The van der Waals surface area contributed by atoms with Gasteiger partial charge in [0.2, 0.25) is 0 Å². The summed E-state index contributed by atoms with van der Waals surface area (Å²) in [6.45, 7) is 8.76. The molecule has 0 aliphatic carbocycles. The number of fused-ring (bicyclic) bond motifs is 1. The molecule has 0 atom stereocenters. The maximum atomic E-state index is 4.61. The number of hydrogen-bond acceptors (Lipinski definition) is 2. The van der Waals surface area contributed by atoms with E-state index in [0.29, 0.717) is 11.8 Å². The fourth-order valence-electron chi connectivity index (χ4n) is 1.80. The first kappa shape index (κ1) is 10.1. The van der Waals surface area contributed by atoms with Crippen LogP contribution < -0.4 is 0 Å². The molecule has 0 amide bonds. The first-order chi connectivity index (χ1) is 7.09. The van der Waals surface area contributed by atoms with Crippen LogP contribution in [0.2, 0.25) is 0 Å². The lowest BCUT2D eigenvalue weighted by atomic mass is 9.96. The van der Waals surface area contributed by atoms with Crippen LogP contribution >= 0.6 is 0 Å². The van der Waals surface area contributed by atoms with Gasteiger partial charge in [-0.05, 0) is 23.5 Å². The van der Waals surface area contributed by atoms with Crippen LogP contribution in [-0.4, -0.2) is 14.6 Å². The molecule has 0 bridgehead atoms. The van der Waals surface area contributed by atoms with Crippen LogP contribution in [0, 0.1) is 0 Å². The lowest BCUT2D eigenvalue weighted by Gasteiger charge is -2.14. The second kappa shape index (κ2) is 3.65. The van der Waals surface area contributed by atoms with Crippen molar-refractivity contribution in [1.29, 1.82) is 0 Å². The number of hydrogen-bond donors (Lipinski definition) is 0. The molecule has 0 saturated heterocycles. The van der Waals surface area contributed by atoms with E-state index in [1.807, 2.05) is 10.7 Å². The SMILES string of the molecule is CC(C)c1cc2cncn2nc1C(C)C. The molecule has 0 aliphatic rings. The monoisotopic (exact) mass is 203 g/mol. The summed E-state index contributed by atoms with van der Waals surface area (Å²) in [6, 6.07) is 2.19. The first-order valence-electron chi connectivity index (χ1n) is 5.42. The van der Waals surface area contributed by atoms with E-state index in [1.165, 1.54) is 11.3 Å². The Morgan fingerprint density at radius 1 is 1.13 bits per heavy atom. The van der Waals surface area contributed by atoms with Crippen LogP contribution in [0.5, 0.6) is 0 Å². The van der Waals surface area contributed by atoms with Crippen molar-refractivity contribution in [3.8, 4) is 0 Å². The third-order valence-corrected chi connectivity index (χ3v) is 2.63. The second-order valence-electron chi connectivity index (χ2n) is 4.56. The van der Waals surface area contributed by atoms with Gasteiger partial charge in [-0.25, -0.2) is 9.50 Å². The Morgan fingerprint density at radius 3 is 2.47 bits per heavy atom. The first-order valence-corrected chi connectivity index (χ1v) is 5.42. The molecule has 3 nitrogen and oxygen atoms in total. The molecule has 3 heteroatoms. The molecular formula is C12H17N3. The molecule has 2 aromatic heterocycles. The zero-order valence-electron chi connectivity index (χ0n) is 9.73. The number of aromatic nitrogens is 3. The highest BCUT2D eigenvalue weighted by atomic mass is 15.2. The van der Waals surface area contributed by atoms with Gasteiger partial charge in [0.1, 0.15) is 6.33 Å². The number of nitrogens with zero attached hydrogens (tertiary/aromatic N) is 3. The third-order valence-electron chi connectivity index (χ3n) is 2.63. The summed E-state index contributed by atoms with van der Waals surface area (Å²) in [7, 11) is 0. The van der Waals surface area contributed by atoms with E-state index in [-0.39, 0.29) is 0 Å². The third kappa shape index (κ3) is 1.74. The van der Waals surface area contributed by atoms with Gasteiger partial charge in [-0.15, -0.1) is 0 Å². The molecular weight excluding hydrogens is 186 g/mol. The van der Waals surface area contributed by atoms with Crippen LogP contribution in [0.25, 0.3) is 5.52 Å². The summed E-state index contributed by atoms with van der Waals surface area (Å²) in [5.74, 6) is 0.962. The normalized spacial score (nSPS) is 11.9. The molecule has 2 heterocycles. The molecule has 0 radical (unpaired) electrons. The molecule has 0 N–H and O–H groups in total. The van der Waals surface area contributed by atoms with E-state index in [9.17, 15) is 0 Å². The number of rotatable bonds is 2. The Labute approximate surface area is 90.1 Å². The van der Waals surface area contributed by atoms with Gasteiger partial charge in [-0.3, -0.25) is 0 Å². The second-order valence-corrected chi connectivity index (χ2v) is 4.56. The van der Waals surface area contributed by atoms with Crippen molar-refractivity contribution >= 4 is 5.52 Å². The van der Waals surface area contributed by atoms with Crippen LogP contribution in [0.3, 0.4) is 0 Å². The van der Waals surface area contributed by atoms with Gasteiger partial charge < -0.3 is 0 Å². The van der Waals surface area contributed by atoms with E-state index in [4.69, 9.17) is 0 Å². The largest absolute Gasteiger partial charge is 0.243 e. The van der Waals surface area contributed by atoms with Gasteiger partial charge in [0.05, 0.1) is 17.4 Å². The quantitative estimate of drug-likeness (QED) is 0.751. The van der Waals surface area contributed by atoms with Crippen molar-refractivity contribution in [3.05, 3.63) is 29.8 Å². The lowest BCUT2D eigenvalue weighted by molar-refractivity contribution is 0.715. The molecule has 0 aliphatic heterocycles. The summed E-state index contributed by atoms with van der Waals surface area (Å²) >= 11 is 0. The highest BCUT2D eigenvalue weighted by Crippen LogP contribution is 2.25. The highest BCUT2D eigenvalue weighted by Gasteiger charge is 2.13. The summed E-state index contributed by atoms with van der Waals surface area (Å²) in [6.07, 6.45) is 3.61. The Bertz CT molecular complexity index is 427. The molecule has 2 aromatic rings. The molecule has 0 spiro atoms. The standard InChI is InChI=1S/C12H17N3/c1-8(2)11-5-10-6-13-7-15(10)14-12(11)9(3)4/h5-9H,1-4H3. The molecule has 0 aromatic carbocycles. The predicted molar refractivity (Wildman–Crippen MR) is 61.2 cm³/mol. The minimum absolute atomic E-state index is 0.453. The fourth-order valence-corrected chi connectivity index (χ4v) is 1.80. The minimum Gasteiger partial charge on any atom is -0.243 e. The summed E-state index contributed by atoms with van der Waals surface area (Å²) in [4.78, 5) is 4.10. The molecule has 2 rings (SSSR count). The van der Waals surface area contributed by atoms with Crippen LogP contribution in [0.15, 0.2) is 18.6 Å². The Hall–Kier alpha value is -1.38. The summed E-state index contributed by atoms with van der Waals surface area (Å²) in [5.41, 5.74) is 3.58. The molecule has 0 unspecified atom stereocenters. The summed E-state index contributed by atoms with van der Waals surface area (Å²) in [5, 5.41) is 4.61. The van der Waals surface area contributed by atoms with Gasteiger partial charge >= 0.3 is 0 Å². The van der Waals surface area contributed by atoms with Crippen molar-refractivity contribution in [1.82, 2.24) is 14.6 Å². The van der Waals surface area contributed by atoms with Gasteiger partial charge in [-0.2, -0.15) is 5.10 Å². The average molecular weight is 203 g/mol. The fraction of sp³-hybridized carbons (Fsp3) is 0.500. The smallest absolute Gasteiger partial charge is 0.117 e. The van der Waals surface area contributed by atoms with Gasteiger partial charge in [0.15, 0.2) is 0 Å². The molecule has 80 valence electrons. The Kier molecular flexibility index (Phi) is 2.47. The molecule has 0 fully saturated rings. The van der Waals surface area contributed by atoms with Crippen LogP contribution in [0.4, 0.5) is 0 Å². The Morgan fingerprint density at radius 2 is 1.87 bits per heavy atom. The van der Waals surface area contributed by atoms with E-state index in [2.05, 4.69) is 43.8 Å². The minimum atomic E-state index is 0.453. The predicted octanol–water partition coefficient (Wildman–Crippen LogP) is 2.98. The van der Waals surface area contributed by atoms with Crippen molar-refractivity contribution in [2.45, 2.75) is 39.5 Å². The highest BCUT2D eigenvalue weighted by molar-refractivity contribution is 5.48. The van der Waals surface area contributed by atoms with Gasteiger partial charge in [-0.1, -0.05) is 27.7 Å². The average Bonchev–Trinajstić information content (AvgIpc) is 2.61. The Balaban J connectivity index is 2.68. The van der Waals surface area contributed by atoms with Crippen LogP contribution in [-0.2, 0) is 0 Å². The van der Waals surface area contributed by atoms with E-state index in [0.717, 1.165) is 5.52 Å². The topological polar surface area (TPSA) is 30.2 Å². The van der Waals surface area contributed by atoms with Crippen LogP contribution in [0.1, 0.15) is 50.8 Å². The van der Waals surface area contributed by atoms with Gasteiger partial charge in [0.25, 0.3) is 0 Å². The summed E-state index contributed by atoms with van der Waals surface area (Å²) < 4.78 is 1.85. The maximum absolute atomic E-state index is 4.61. The van der Waals surface area contributed by atoms with Crippen molar-refractivity contribution in [3.63, 3.8) is 0 Å². The van der Waals surface area contributed by atoms with E-state index in [1.54, 1.807) is 6.33 Å². The van der Waals surface area contributed by atoms with E-state index >= 15 is 0 Å². The molecule has 0 saturated carbocycles. The van der Waals surface area contributed by atoms with Crippen molar-refractivity contribution < 1.29 is 0 Å². The maximum Gasteiger partial charge on any atom is 0.117 e. The van der Waals surface area contributed by atoms with E-state index < -0.39 is 0 Å². The lowest BCUT2D eigenvalue weighted by Crippen LogP contribution is -2.05. The number of imidazole rings is 1. The zero-order chi connectivity index (χ0) is 11.0. The zero-order valence-corrected chi connectivity index (χ0v) is 9.73. The van der Waals surface area contributed by atoms with Gasteiger partial charge in [0, 0.05) is 0 Å².